The highest BCUT2D eigenvalue weighted by molar-refractivity contribution is 5.90. The third-order valence-corrected chi connectivity index (χ3v) is 3.29. The first-order valence-electron chi connectivity index (χ1n) is 6.78. The fourth-order valence-electron chi connectivity index (χ4n) is 2.15. The molecule has 1 aromatic carbocycles. The quantitative estimate of drug-likeness (QED) is 0.473. The van der Waals surface area contributed by atoms with Gasteiger partial charge in [-0.05, 0) is 12.1 Å². The predicted octanol–water partition coefficient (Wildman–Crippen LogP) is -1.18. The van der Waals surface area contributed by atoms with Crippen LogP contribution in [0.15, 0.2) is 24.3 Å². The number of para-hydroxylation sites is 2. The van der Waals surface area contributed by atoms with Crippen LogP contribution in [0.2, 0.25) is 0 Å². The number of amides is 1. The average molecular weight is 313 g/mol. The summed E-state index contributed by atoms with van der Waals surface area (Å²) in [5.74, 6) is -0.0770. The molecule has 1 aromatic rings. The molecule has 0 spiro atoms. The molecule has 1 aliphatic rings. The molecule has 5 N–H and O–H groups in total. The van der Waals surface area contributed by atoms with Crippen LogP contribution in [0, 0.1) is 0 Å². The highest BCUT2D eigenvalue weighted by atomic mass is 16.7. The Morgan fingerprint density at radius 3 is 2.55 bits per heavy atom. The Labute approximate surface area is 126 Å². The van der Waals surface area contributed by atoms with Crippen LogP contribution in [0.1, 0.15) is 6.92 Å². The van der Waals surface area contributed by atoms with Gasteiger partial charge in [-0.1, -0.05) is 12.1 Å². The lowest BCUT2D eigenvalue weighted by Gasteiger charge is -2.39. The van der Waals surface area contributed by atoms with E-state index >= 15 is 0 Å². The smallest absolute Gasteiger partial charge is 0.229 e. The summed E-state index contributed by atoms with van der Waals surface area (Å²) in [6, 6.07) is 6.49. The minimum atomic E-state index is -1.52. The summed E-state index contributed by atoms with van der Waals surface area (Å²) >= 11 is 0. The van der Waals surface area contributed by atoms with Crippen molar-refractivity contribution in [1.29, 1.82) is 0 Å². The molecule has 0 aromatic heterocycles. The Balaban J connectivity index is 2.17. The maximum absolute atomic E-state index is 11.2. The van der Waals surface area contributed by atoms with Crippen molar-refractivity contribution in [2.75, 3.05) is 11.9 Å². The first-order valence-corrected chi connectivity index (χ1v) is 6.78. The molecule has 0 radical (unpaired) electrons. The van der Waals surface area contributed by atoms with Crippen molar-refractivity contribution in [3.63, 3.8) is 0 Å². The Hall–Kier alpha value is -1.71. The molecule has 8 nitrogen and oxygen atoms in total. The molecule has 122 valence electrons. The Bertz CT molecular complexity index is 522. The minimum Gasteiger partial charge on any atom is -0.460 e. The number of aliphatic hydroxyl groups is 4. The summed E-state index contributed by atoms with van der Waals surface area (Å²) in [7, 11) is 0. The fourth-order valence-corrected chi connectivity index (χ4v) is 2.15. The van der Waals surface area contributed by atoms with Gasteiger partial charge in [-0.15, -0.1) is 0 Å². The van der Waals surface area contributed by atoms with E-state index in [0.29, 0.717) is 5.69 Å². The lowest BCUT2D eigenvalue weighted by molar-refractivity contribution is -0.277. The van der Waals surface area contributed by atoms with Crippen LogP contribution >= 0.6 is 0 Å². The number of anilines is 1. The predicted molar refractivity (Wildman–Crippen MR) is 75.1 cm³/mol. The largest absolute Gasteiger partial charge is 0.460 e. The number of ether oxygens (including phenoxy) is 2. The number of benzene rings is 1. The van der Waals surface area contributed by atoms with E-state index < -0.39 is 37.3 Å². The minimum absolute atomic E-state index is 0.224. The van der Waals surface area contributed by atoms with E-state index in [1.165, 1.54) is 6.92 Å². The second-order valence-corrected chi connectivity index (χ2v) is 4.99. The van der Waals surface area contributed by atoms with Crippen molar-refractivity contribution in [2.24, 2.45) is 0 Å². The summed E-state index contributed by atoms with van der Waals surface area (Å²) in [6.45, 7) is 0.794. The van der Waals surface area contributed by atoms with E-state index in [1.54, 1.807) is 24.3 Å². The maximum Gasteiger partial charge on any atom is 0.229 e. The summed E-state index contributed by atoms with van der Waals surface area (Å²) in [5.41, 5.74) is 0.368. The molecule has 0 bridgehead atoms. The number of rotatable bonds is 4. The SMILES string of the molecule is CC(=O)Nc1ccccc1O[C@@H]1O[C@H](CO)[C@H](O)[C@H](O)[C@H]1O. The van der Waals surface area contributed by atoms with E-state index in [2.05, 4.69) is 5.32 Å². The number of aliphatic hydroxyl groups excluding tert-OH is 4. The van der Waals surface area contributed by atoms with E-state index in [0.717, 1.165) is 0 Å². The van der Waals surface area contributed by atoms with Gasteiger partial charge >= 0.3 is 0 Å². The highest BCUT2D eigenvalue weighted by Gasteiger charge is 2.44. The van der Waals surface area contributed by atoms with Gasteiger partial charge in [0, 0.05) is 6.92 Å². The molecule has 5 atom stereocenters. The lowest BCUT2D eigenvalue weighted by Crippen LogP contribution is -2.60. The van der Waals surface area contributed by atoms with Crippen LogP contribution < -0.4 is 10.1 Å². The van der Waals surface area contributed by atoms with Crippen molar-refractivity contribution in [3.05, 3.63) is 24.3 Å². The zero-order valence-corrected chi connectivity index (χ0v) is 11.9. The van der Waals surface area contributed by atoms with Crippen LogP contribution in [0.5, 0.6) is 5.75 Å². The van der Waals surface area contributed by atoms with Gasteiger partial charge in [-0.25, -0.2) is 0 Å². The van der Waals surface area contributed by atoms with Crippen molar-refractivity contribution < 1.29 is 34.7 Å². The number of hydrogen-bond donors (Lipinski definition) is 5. The molecule has 0 aliphatic carbocycles. The van der Waals surface area contributed by atoms with Gasteiger partial charge in [-0.2, -0.15) is 0 Å². The molecule has 1 fully saturated rings. The van der Waals surface area contributed by atoms with Crippen molar-refractivity contribution in [1.82, 2.24) is 0 Å². The molecular formula is C14H19NO7. The molecular weight excluding hydrogens is 294 g/mol. The third-order valence-electron chi connectivity index (χ3n) is 3.29. The van der Waals surface area contributed by atoms with Gasteiger partial charge in [0.25, 0.3) is 0 Å². The number of carbonyl (C=O) groups is 1. The zero-order chi connectivity index (χ0) is 16.3. The molecule has 1 saturated heterocycles. The van der Waals surface area contributed by atoms with Crippen LogP contribution in [0.3, 0.4) is 0 Å². The molecule has 22 heavy (non-hydrogen) atoms. The van der Waals surface area contributed by atoms with Gasteiger partial charge in [0.2, 0.25) is 12.2 Å². The van der Waals surface area contributed by atoms with Gasteiger partial charge in [-0.3, -0.25) is 4.79 Å². The topological polar surface area (TPSA) is 128 Å². The summed E-state index contributed by atoms with van der Waals surface area (Å²) in [6.07, 6.45) is -6.85. The highest BCUT2D eigenvalue weighted by Crippen LogP contribution is 2.29. The summed E-state index contributed by atoms with van der Waals surface area (Å²) < 4.78 is 10.7. The molecule has 1 amide bonds. The van der Waals surface area contributed by atoms with E-state index in [4.69, 9.17) is 14.6 Å². The van der Waals surface area contributed by atoms with E-state index in [-0.39, 0.29) is 11.7 Å². The third kappa shape index (κ3) is 3.54. The molecule has 8 heteroatoms. The molecule has 2 rings (SSSR count). The Kier molecular flexibility index (Phi) is 5.33. The summed E-state index contributed by atoms with van der Waals surface area (Å²) in [4.78, 5) is 11.2. The average Bonchev–Trinajstić information content (AvgIpc) is 2.49. The van der Waals surface area contributed by atoms with Gasteiger partial charge in [0.15, 0.2) is 0 Å². The normalized spacial score (nSPS) is 31.6. The van der Waals surface area contributed by atoms with Gasteiger partial charge in [0.05, 0.1) is 12.3 Å². The van der Waals surface area contributed by atoms with Crippen molar-refractivity contribution in [3.8, 4) is 5.75 Å². The second-order valence-electron chi connectivity index (χ2n) is 4.99. The number of hydrogen-bond acceptors (Lipinski definition) is 7. The van der Waals surface area contributed by atoms with Crippen LogP contribution in [-0.4, -0.2) is 63.6 Å². The molecule has 0 unspecified atom stereocenters. The zero-order valence-electron chi connectivity index (χ0n) is 11.9. The molecule has 0 saturated carbocycles. The van der Waals surface area contributed by atoms with Crippen LogP contribution in [-0.2, 0) is 9.53 Å². The lowest BCUT2D eigenvalue weighted by atomic mass is 9.99. The standard InChI is InChI=1S/C14H19NO7/c1-7(17)15-8-4-2-3-5-9(8)21-14-13(20)12(19)11(18)10(6-16)22-14/h2-5,10-14,16,18-20H,6H2,1H3,(H,15,17)/t10-,11+,12+,13-,14-/m1/s1. The molecule has 1 aliphatic heterocycles. The summed E-state index contributed by atoms with van der Waals surface area (Å²) in [5, 5.41) is 41.0. The first kappa shape index (κ1) is 16.7. The van der Waals surface area contributed by atoms with E-state index in [9.17, 15) is 20.1 Å². The Morgan fingerprint density at radius 1 is 1.23 bits per heavy atom. The number of nitrogens with one attached hydrogen (secondary N) is 1. The van der Waals surface area contributed by atoms with Crippen LogP contribution in [0.25, 0.3) is 0 Å². The van der Waals surface area contributed by atoms with Crippen LogP contribution in [0.4, 0.5) is 5.69 Å². The molecule has 1 heterocycles. The van der Waals surface area contributed by atoms with E-state index in [1.807, 2.05) is 0 Å². The monoisotopic (exact) mass is 313 g/mol. The Morgan fingerprint density at radius 2 is 1.91 bits per heavy atom. The van der Waals surface area contributed by atoms with Gasteiger partial charge in [0.1, 0.15) is 30.2 Å². The first-order chi connectivity index (χ1) is 10.4. The van der Waals surface area contributed by atoms with Gasteiger partial charge < -0.3 is 35.2 Å². The second kappa shape index (κ2) is 7.03. The number of carbonyl (C=O) groups excluding carboxylic acids is 1. The fraction of sp³-hybridized carbons (Fsp3) is 0.500. The van der Waals surface area contributed by atoms with Crippen molar-refractivity contribution in [2.45, 2.75) is 37.6 Å². The van der Waals surface area contributed by atoms with Crippen molar-refractivity contribution >= 4 is 11.6 Å². The maximum atomic E-state index is 11.2.